The number of para-hydroxylation sites is 1. The van der Waals surface area contributed by atoms with E-state index in [0.29, 0.717) is 0 Å². The first-order chi connectivity index (χ1) is 11.8. The van der Waals surface area contributed by atoms with E-state index in [9.17, 15) is 0 Å². The highest BCUT2D eigenvalue weighted by Crippen LogP contribution is 2.29. The molecule has 1 aromatic heterocycles. The third-order valence-electron chi connectivity index (χ3n) is 4.56. The van der Waals surface area contributed by atoms with Crippen molar-refractivity contribution < 1.29 is 9.47 Å². The van der Waals surface area contributed by atoms with Gasteiger partial charge >= 0.3 is 0 Å². The van der Waals surface area contributed by atoms with Crippen LogP contribution in [0.25, 0.3) is 22.2 Å². The lowest BCUT2D eigenvalue weighted by molar-refractivity contribution is -0.105. The van der Waals surface area contributed by atoms with Crippen LogP contribution in [0, 0.1) is 0 Å². The Morgan fingerprint density at radius 1 is 1.17 bits per heavy atom. The summed E-state index contributed by atoms with van der Waals surface area (Å²) < 4.78 is 13.7. The Hall–Kier alpha value is -2.33. The number of aromatic nitrogens is 2. The summed E-state index contributed by atoms with van der Waals surface area (Å²) in [6.07, 6.45) is 5.08. The number of nitrogens with zero attached hydrogens (tertiary/aromatic N) is 2. The molecule has 0 N–H and O–H groups in total. The van der Waals surface area contributed by atoms with Crippen molar-refractivity contribution in [3.8, 4) is 16.9 Å². The molecule has 0 radical (unpaired) electrons. The summed E-state index contributed by atoms with van der Waals surface area (Å²) in [7, 11) is 0. The smallest absolute Gasteiger partial charge is 0.199 e. The molecule has 0 bridgehead atoms. The third kappa shape index (κ3) is 2.89. The number of ether oxygens (including phenoxy) is 2. The standard InChI is InChI=1S/C20H22N2O2/c1-2-22-14-21-20-17(6-5-7-18(20)22)15-9-11-16(12-10-15)24-19-8-3-4-13-23-19/h5-7,9-12,14,19H,2-4,8,13H2,1H3. The van der Waals surface area contributed by atoms with Crippen molar-refractivity contribution in [1.29, 1.82) is 0 Å². The molecule has 3 aromatic rings. The summed E-state index contributed by atoms with van der Waals surface area (Å²) in [4.78, 5) is 4.59. The van der Waals surface area contributed by atoms with E-state index in [-0.39, 0.29) is 6.29 Å². The minimum atomic E-state index is -0.103. The molecular formula is C20H22N2O2. The van der Waals surface area contributed by atoms with E-state index >= 15 is 0 Å². The molecule has 1 unspecified atom stereocenters. The minimum Gasteiger partial charge on any atom is -0.465 e. The molecule has 0 saturated carbocycles. The van der Waals surface area contributed by atoms with Gasteiger partial charge in [-0.3, -0.25) is 0 Å². The average Bonchev–Trinajstić information content (AvgIpc) is 3.06. The van der Waals surface area contributed by atoms with E-state index in [4.69, 9.17) is 9.47 Å². The van der Waals surface area contributed by atoms with Crippen LogP contribution in [0.3, 0.4) is 0 Å². The molecule has 4 heteroatoms. The molecular weight excluding hydrogens is 300 g/mol. The minimum absolute atomic E-state index is 0.103. The molecule has 1 saturated heterocycles. The number of fused-ring (bicyclic) bond motifs is 1. The van der Waals surface area contributed by atoms with Crippen LogP contribution in [0.15, 0.2) is 48.8 Å². The molecule has 1 atom stereocenters. The number of hydrogen-bond acceptors (Lipinski definition) is 3. The van der Waals surface area contributed by atoms with Gasteiger partial charge in [-0.05, 0) is 43.5 Å². The van der Waals surface area contributed by atoms with Crippen molar-refractivity contribution in [2.45, 2.75) is 39.0 Å². The summed E-state index contributed by atoms with van der Waals surface area (Å²) in [5, 5.41) is 0. The Morgan fingerprint density at radius 3 is 2.79 bits per heavy atom. The van der Waals surface area contributed by atoms with Gasteiger partial charge in [0.2, 0.25) is 0 Å². The van der Waals surface area contributed by atoms with Crippen molar-refractivity contribution in [3.63, 3.8) is 0 Å². The first-order valence-corrected chi connectivity index (χ1v) is 8.67. The largest absolute Gasteiger partial charge is 0.465 e. The molecule has 2 heterocycles. The van der Waals surface area contributed by atoms with E-state index in [1.165, 1.54) is 11.9 Å². The van der Waals surface area contributed by atoms with E-state index in [1.54, 1.807) is 0 Å². The van der Waals surface area contributed by atoms with Gasteiger partial charge in [-0.2, -0.15) is 0 Å². The van der Waals surface area contributed by atoms with Gasteiger partial charge in [0.15, 0.2) is 6.29 Å². The fourth-order valence-corrected chi connectivity index (χ4v) is 3.24. The zero-order chi connectivity index (χ0) is 16.4. The predicted octanol–water partition coefficient (Wildman–Crippen LogP) is 4.63. The van der Waals surface area contributed by atoms with Gasteiger partial charge in [0.1, 0.15) is 5.75 Å². The third-order valence-corrected chi connectivity index (χ3v) is 4.56. The lowest BCUT2D eigenvalue weighted by Crippen LogP contribution is -2.24. The number of rotatable bonds is 4. The fraction of sp³-hybridized carbons (Fsp3) is 0.350. The lowest BCUT2D eigenvalue weighted by Gasteiger charge is -2.23. The Morgan fingerprint density at radius 2 is 2.04 bits per heavy atom. The average molecular weight is 322 g/mol. The van der Waals surface area contributed by atoms with Crippen LogP contribution < -0.4 is 4.74 Å². The Bertz CT molecular complexity index is 817. The molecule has 0 spiro atoms. The Balaban J connectivity index is 1.59. The molecule has 4 nitrogen and oxygen atoms in total. The van der Waals surface area contributed by atoms with E-state index in [0.717, 1.165) is 48.4 Å². The molecule has 1 fully saturated rings. The summed E-state index contributed by atoms with van der Waals surface area (Å²) in [6.45, 7) is 3.85. The van der Waals surface area contributed by atoms with Gasteiger partial charge in [-0.1, -0.05) is 24.3 Å². The normalized spacial score (nSPS) is 18.0. The van der Waals surface area contributed by atoms with Crippen molar-refractivity contribution in [2.24, 2.45) is 0 Å². The van der Waals surface area contributed by atoms with Crippen molar-refractivity contribution >= 4 is 11.0 Å². The quantitative estimate of drug-likeness (QED) is 0.703. The Kier molecular flexibility index (Phi) is 4.22. The van der Waals surface area contributed by atoms with E-state index in [1.807, 2.05) is 18.5 Å². The van der Waals surface area contributed by atoms with Crippen LogP contribution in [0.2, 0.25) is 0 Å². The number of hydrogen-bond donors (Lipinski definition) is 0. The highest BCUT2D eigenvalue weighted by molar-refractivity contribution is 5.92. The molecule has 124 valence electrons. The molecule has 0 aliphatic carbocycles. The maximum atomic E-state index is 5.91. The zero-order valence-electron chi connectivity index (χ0n) is 13.9. The van der Waals surface area contributed by atoms with Crippen LogP contribution >= 0.6 is 0 Å². The van der Waals surface area contributed by atoms with Crippen LogP contribution in [0.4, 0.5) is 0 Å². The summed E-state index contributed by atoms with van der Waals surface area (Å²) in [5.41, 5.74) is 4.52. The monoisotopic (exact) mass is 322 g/mol. The van der Waals surface area contributed by atoms with Crippen molar-refractivity contribution in [2.75, 3.05) is 6.61 Å². The molecule has 1 aliphatic rings. The van der Waals surface area contributed by atoms with Gasteiger partial charge in [-0.25, -0.2) is 4.98 Å². The van der Waals surface area contributed by atoms with Crippen LogP contribution in [0.1, 0.15) is 26.2 Å². The van der Waals surface area contributed by atoms with Crippen molar-refractivity contribution in [1.82, 2.24) is 9.55 Å². The van der Waals surface area contributed by atoms with Gasteiger partial charge < -0.3 is 14.0 Å². The van der Waals surface area contributed by atoms with Gasteiger partial charge in [0.05, 0.1) is 24.0 Å². The summed E-state index contributed by atoms with van der Waals surface area (Å²) >= 11 is 0. The zero-order valence-corrected chi connectivity index (χ0v) is 13.9. The molecule has 2 aromatic carbocycles. The van der Waals surface area contributed by atoms with Gasteiger partial charge in [0.25, 0.3) is 0 Å². The van der Waals surface area contributed by atoms with E-state index < -0.39 is 0 Å². The summed E-state index contributed by atoms with van der Waals surface area (Å²) in [5.74, 6) is 0.858. The van der Waals surface area contributed by atoms with Crippen molar-refractivity contribution in [3.05, 3.63) is 48.8 Å². The lowest BCUT2D eigenvalue weighted by atomic mass is 10.0. The predicted molar refractivity (Wildman–Crippen MR) is 95.1 cm³/mol. The highest BCUT2D eigenvalue weighted by atomic mass is 16.7. The van der Waals surface area contributed by atoms with Gasteiger partial charge in [0, 0.05) is 18.5 Å². The molecule has 24 heavy (non-hydrogen) atoms. The molecule has 1 aliphatic heterocycles. The molecule has 4 rings (SSSR count). The number of benzene rings is 2. The maximum Gasteiger partial charge on any atom is 0.199 e. The second-order valence-electron chi connectivity index (χ2n) is 6.14. The Labute approximate surface area is 142 Å². The van der Waals surface area contributed by atoms with Crippen LogP contribution in [-0.4, -0.2) is 22.4 Å². The first kappa shape index (κ1) is 15.2. The topological polar surface area (TPSA) is 36.3 Å². The second kappa shape index (κ2) is 6.65. The second-order valence-corrected chi connectivity index (χ2v) is 6.14. The SMILES string of the molecule is CCn1cnc2c(-c3ccc(OC4CCCCO4)cc3)cccc21. The first-order valence-electron chi connectivity index (χ1n) is 8.67. The van der Waals surface area contributed by atoms with Crippen LogP contribution in [0.5, 0.6) is 5.75 Å². The fourth-order valence-electron chi connectivity index (χ4n) is 3.24. The van der Waals surface area contributed by atoms with Crippen LogP contribution in [-0.2, 0) is 11.3 Å². The highest BCUT2D eigenvalue weighted by Gasteiger charge is 2.15. The maximum absolute atomic E-state index is 5.91. The molecule has 0 amide bonds. The summed E-state index contributed by atoms with van der Waals surface area (Å²) in [6, 6.07) is 14.6. The number of aryl methyl sites for hydroxylation is 1. The number of imidazole rings is 1. The van der Waals surface area contributed by atoms with Gasteiger partial charge in [-0.15, -0.1) is 0 Å². The van der Waals surface area contributed by atoms with E-state index in [2.05, 4.69) is 46.8 Å².